The van der Waals surface area contributed by atoms with Crippen molar-refractivity contribution in [3.63, 3.8) is 0 Å². The van der Waals surface area contributed by atoms with E-state index in [1.54, 1.807) is 11.3 Å². The maximum atomic E-state index is 10.8. The van der Waals surface area contributed by atoms with E-state index in [2.05, 4.69) is 15.3 Å². The minimum absolute atomic E-state index is 0.165. The molecule has 0 radical (unpaired) electrons. The van der Waals surface area contributed by atoms with Crippen molar-refractivity contribution >= 4 is 35.0 Å². The summed E-state index contributed by atoms with van der Waals surface area (Å²) in [7, 11) is 0. The van der Waals surface area contributed by atoms with Crippen molar-refractivity contribution < 1.29 is 4.79 Å². The second-order valence-electron chi connectivity index (χ2n) is 2.98. The molecule has 0 aromatic carbocycles. The zero-order valence-corrected chi connectivity index (χ0v) is 9.76. The molecule has 2 rings (SSSR count). The van der Waals surface area contributed by atoms with E-state index in [1.807, 2.05) is 17.5 Å². The van der Waals surface area contributed by atoms with Crippen molar-refractivity contribution in [3.05, 3.63) is 39.4 Å². The number of carbonyl (C=O) groups excluding carboxylic acids is 1. The predicted octanol–water partition coefficient (Wildman–Crippen LogP) is 2.62. The Hall–Kier alpha value is -1.46. The number of anilines is 1. The van der Waals surface area contributed by atoms with Crippen LogP contribution in [-0.2, 0) is 6.54 Å². The standard InChI is InChI=1S/C10H8ClN3OS/c11-9-8(5-15)10(14-6-13-9)12-4-7-2-1-3-16-7/h1-3,5-6H,4H2,(H,12,13,14). The van der Waals surface area contributed by atoms with Gasteiger partial charge in [0.05, 0.1) is 12.1 Å². The van der Waals surface area contributed by atoms with Crippen LogP contribution in [0.2, 0.25) is 5.15 Å². The number of nitrogens with one attached hydrogen (secondary N) is 1. The summed E-state index contributed by atoms with van der Waals surface area (Å²) in [5.41, 5.74) is 0.292. The molecule has 0 saturated heterocycles. The lowest BCUT2D eigenvalue weighted by atomic mass is 10.3. The Balaban J connectivity index is 2.15. The molecule has 0 unspecified atom stereocenters. The van der Waals surface area contributed by atoms with Crippen molar-refractivity contribution in [1.82, 2.24) is 9.97 Å². The van der Waals surface area contributed by atoms with Gasteiger partial charge in [0.25, 0.3) is 0 Å². The van der Waals surface area contributed by atoms with E-state index in [9.17, 15) is 4.79 Å². The summed E-state index contributed by atoms with van der Waals surface area (Å²) in [5.74, 6) is 0.461. The minimum atomic E-state index is 0.165. The van der Waals surface area contributed by atoms with Crippen molar-refractivity contribution in [1.29, 1.82) is 0 Å². The molecule has 0 aliphatic heterocycles. The van der Waals surface area contributed by atoms with Crippen LogP contribution in [0.15, 0.2) is 23.8 Å². The van der Waals surface area contributed by atoms with Gasteiger partial charge >= 0.3 is 0 Å². The van der Waals surface area contributed by atoms with Crippen LogP contribution in [0.25, 0.3) is 0 Å². The van der Waals surface area contributed by atoms with Crippen LogP contribution in [0.1, 0.15) is 15.2 Å². The van der Waals surface area contributed by atoms with E-state index < -0.39 is 0 Å². The fourth-order valence-corrected chi connectivity index (χ4v) is 2.03. The number of rotatable bonds is 4. The molecule has 2 aromatic rings. The van der Waals surface area contributed by atoms with Gasteiger partial charge in [0.1, 0.15) is 17.3 Å². The lowest BCUT2D eigenvalue weighted by Crippen LogP contribution is -2.04. The van der Waals surface area contributed by atoms with E-state index in [0.29, 0.717) is 24.2 Å². The molecular formula is C10H8ClN3OS. The van der Waals surface area contributed by atoms with Gasteiger partial charge in [-0.3, -0.25) is 4.79 Å². The largest absolute Gasteiger partial charge is 0.364 e. The summed E-state index contributed by atoms with van der Waals surface area (Å²) in [4.78, 5) is 19.7. The molecule has 0 spiro atoms. The third kappa shape index (κ3) is 2.37. The predicted molar refractivity (Wildman–Crippen MR) is 64.1 cm³/mol. The summed E-state index contributed by atoms with van der Waals surface area (Å²) in [6.45, 7) is 0.617. The fraction of sp³-hybridized carbons (Fsp3) is 0.100. The van der Waals surface area contributed by atoms with Crippen molar-refractivity contribution in [2.45, 2.75) is 6.54 Å². The SMILES string of the molecule is O=Cc1c(Cl)ncnc1NCc1cccs1. The monoisotopic (exact) mass is 253 g/mol. The lowest BCUT2D eigenvalue weighted by Gasteiger charge is -2.06. The molecule has 2 aromatic heterocycles. The Morgan fingerprint density at radius 3 is 3.06 bits per heavy atom. The van der Waals surface area contributed by atoms with Crippen molar-refractivity contribution in [2.75, 3.05) is 5.32 Å². The fourth-order valence-electron chi connectivity index (χ4n) is 1.20. The highest BCUT2D eigenvalue weighted by atomic mass is 35.5. The molecule has 0 atom stereocenters. The zero-order valence-electron chi connectivity index (χ0n) is 8.18. The van der Waals surface area contributed by atoms with Crippen molar-refractivity contribution in [3.8, 4) is 0 Å². The van der Waals surface area contributed by atoms with Gasteiger partial charge < -0.3 is 5.32 Å². The van der Waals surface area contributed by atoms with Gasteiger partial charge in [0, 0.05) is 4.88 Å². The summed E-state index contributed by atoms with van der Waals surface area (Å²) >= 11 is 7.40. The molecule has 6 heteroatoms. The Labute approximate surface area is 101 Å². The van der Waals surface area contributed by atoms with E-state index >= 15 is 0 Å². The third-order valence-corrected chi connectivity index (χ3v) is 3.14. The number of aldehydes is 1. The van der Waals surface area contributed by atoms with Gasteiger partial charge in [-0.25, -0.2) is 9.97 Å². The highest BCUT2D eigenvalue weighted by Crippen LogP contribution is 2.18. The van der Waals surface area contributed by atoms with Gasteiger partial charge in [-0.15, -0.1) is 11.3 Å². The van der Waals surface area contributed by atoms with E-state index in [-0.39, 0.29) is 5.15 Å². The van der Waals surface area contributed by atoms with E-state index in [0.717, 1.165) is 4.88 Å². The van der Waals surface area contributed by atoms with Gasteiger partial charge in [-0.1, -0.05) is 17.7 Å². The molecule has 1 N–H and O–H groups in total. The molecule has 16 heavy (non-hydrogen) atoms. The molecule has 0 aliphatic carbocycles. The first-order valence-corrected chi connectivity index (χ1v) is 5.79. The molecule has 82 valence electrons. The first-order valence-electron chi connectivity index (χ1n) is 4.53. The number of nitrogens with zero attached hydrogens (tertiary/aromatic N) is 2. The summed E-state index contributed by atoms with van der Waals surface area (Å²) in [5, 5.41) is 5.21. The number of carbonyl (C=O) groups is 1. The number of hydrogen-bond acceptors (Lipinski definition) is 5. The lowest BCUT2D eigenvalue weighted by molar-refractivity contribution is 0.112. The molecule has 4 nitrogen and oxygen atoms in total. The van der Waals surface area contributed by atoms with Crippen LogP contribution in [-0.4, -0.2) is 16.3 Å². The van der Waals surface area contributed by atoms with Gasteiger partial charge in [-0.05, 0) is 11.4 Å². The highest BCUT2D eigenvalue weighted by Gasteiger charge is 2.08. The van der Waals surface area contributed by atoms with Gasteiger partial charge in [0.15, 0.2) is 6.29 Å². The summed E-state index contributed by atoms with van der Waals surface area (Å²) < 4.78 is 0. The average Bonchev–Trinajstić information content (AvgIpc) is 2.79. The van der Waals surface area contributed by atoms with Crippen LogP contribution in [0.3, 0.4) is 0 Å². The Kier molecular flexibility index (Phi) is 3.48. The first kappa shape index (κ1) is 11.0. The maximum absolute atomic E-state index is 10.8. The van der Waals surface area contributed by atoms with Crippen LogP contribution >= 0.6 is 22.9 Å². The maximum Gasteiger partial charge on any atom is 0.156 e. The molecule has 2 heterocycles. The second kappa shape index (κ2) is 5.05. The van der Waals surface area contributed by atoms with Crippen molar-refractivity contribution in [2.24, 2.45) is 0 Å². The summed E-state index contributed by atoms with van der Waals surface area (Å²) in [6.07, 6.45) is 1.98. The number of halogens is 1. The molecule has 0 bridgehead atoms. The average molecular weight is 254 g/mol. The van der Waals surface area contributed by atoms with Crippen LogP contribution in [0, 0.1) is 0 Å². The number of thiophene rings is 1. The van der Waals surface area contributed by atoms with Gasteiger partial charge in [-0.2, -0.15) is 0 Å². The Morgan fingerprint density at radius 2 is 2.38 bits per heavy atom. The first-order chi connectivity index (χ1) is 7.81. The molecule has 0 amide bonds. The molecule has 0 aliphatic rings. The van der Waals surface area contributed by atoms with Gasteiger partial charge in [0.2, 0.25) is 0 Å². The third-order valence-electron chi connectivity index (χ3n) is 1.96. The molecule has 0 fully saturated rings. The van der Waals surface area contributed by atoms with E-state index in [1.165, 1.54) is 6.33 Å². The smallest absolute Gasteiger partial charge is 0.156 e. The minimum Gasteiger partial charge on any atom is -0.364 e. The molecule has 0 saturated carbocycles. The van der Waals surface area contributed by atoms with E-state index in [4.69, 9.17) is 11.6 Å². The topological polar surface area (TPSA) is 54.9 Å². The normalized spacial score (nSPS) is 10.1. The second-order valence-corrected chi connectivity index (χ2v) is 4.37. The zero-order chi connectivity index (χ0) is 11.4. The number of aromatic nitrogens is 2. The molecular weight excluding hydrogens is 246 g/mol. The Bertz CT molecular complexity index is 487. The van der Waals surface area contributed by atoms with Crippen LogP contribution in [0.5, 0.6) is 0 Å². The van der Waals surface area contributed by atoms with Crippen LogP contribution < -0.4 is 5.32 Å². The summed E-state index contributed by atoms with van der Waals surface area (Å²) in [6, 6.07) is 3.97. The number of hydrogen-bond donors (Lipinski definition) is 1. The van der Waals surface area contributed by atoms with Crippen LogP contribution in [0.4, 0.5) is 5.82 Å². The Morgan fingerprint density at radius 1 is 1.50 bits per heavy atom. The quantitative estimate of drug-likeness (QED) is 0.672. The highest BCUT2D eigenvalue weighted by molar-refractivity contribution is 7.09.